The number of benzene rings is 2. The Morgan fingerprint density at radius 3 is 2.69 bits per heavy atom. The third kappa shape index (κ3) is 5.02. The summed E-state index contributed by atoms with van der Waals surface area (Å²) in [6.07, 6.45) is 6.89. The Bertz CT molecular complexity index is 1420. The molecule has 4 aromatic rings. The number of aromatic nitrogens is 3. The first kappa shape index (κ1) is 23.4. The molecule has 0 unspecified atom stereocenters. The highest BCUT2D eigenvalue weighted by molar-refractivity contribution is 5.91. The van der Waals surface area contributed by atoms with E-state index in [0.717, 1.165) is 42.0 Å². The summed E-state index contributed by atoms with van der Waals surface area (Å²) in [7, 11) is 0. The molecule has 0 saturated carbocycles. The summed E-state index contributed by atoms with van der Waals surface area (Å²) in [5.41, 5.74) is 3.86. The van der Waals surface area contributed by atoms with Gasteiger partial charge in [-0.1, -0.05) is 24.3 Å². The first-order chi connectivity index (χ1) is 17.5. The number of carbonyl (C=O) groups is 1. The lowest BCUT2D eigenvalue weighted by atomic mass is 9.96. The van der Waals surface area contributed by atoms with E-state index in [1.807, 2.05) is 36.1 Å². The van der Waals surface area contributed by atoms with Gasteiger partial charge in [0.05, 0.1) is 11.9 Å². The molecule has 3 heterocycles. The minimum Gasteiger partial charge on any atom is -0.508 e. The van der Waals surface area contributed by atoms with Crippen LogP contribution in [0.4, 0.5) is 5.82 Å². The van der Waals surface area contributed by atoms with E-state index in [0.29, 0.717) is 30.3 Å². The van der Waals surface area contributed by atoms with E-state index in [-0.39, 0.29) is 17.4 Å². The molecule has 0 bridgehead atoms. The average molecular weight is 484 g/mol. The van der Waals surface area contributed by atoms with Crippen molar-refractivity contribution >= 4 is 23.4 Å². The van der Waals surface area contributed by atoms with E-state index in [2.05, 4.69) is 10.4 Å². The van der Waals surface area contributed by atoms with E-state index in [4.69, 9.17) is 4.98 Å². The number of aryl methyl sites for hydroxylation is 1. The third-order valence-corrected chi connectivity index (χ3v) is 6.61. The van der Waals surface area contributed by atoms with Crippen LogP contribution in [0.15, 0.2) is 66.9 Å². The fourth-order valence-electron chi connectivity index (χ4n) is 4.53. The van der Waals surface area contributed by atoms with Crippen LogP contribution in [0.25, 0.3) is 23.0 Å². The molecule has 1 aliphatic heterocycles. The van der Waals surface area contributed by atoms with Gasteiger partial charge in [-0.25, -0.2) is 4.98 Å². The van der Waals surface area contributed by atoms with Crippen molar-refractivity contribution in [1.29, 1.82) is 0 Å². The molecular weight excluding hydrogens is 454 g/mol. The molecule has 1 aliphatic rings. The summed E-state index contributed by atoms with van der Waals surface area (Å²) in [4.78, 5) is 19.2. The molecule has 5 rings (SSSR count). The molecule has 1 fully saturated rings. The maximum atomic E-state index is 12.6. The summed E-state index contributed by atoms with van der Waals surface area (Å²) in [6.45, 7) is 4.12. The second-order valence-electron chi connectivity index (χ2n) is 9.18. The van der Waals surface area contributed by atoms with Crippen LogP contribution >= 0.6 is 0 Å². The normalized spacial score (nSPS) is 14.5. The molecule has 8 heteroatoms. The van der Waals surface area contributed by atoms with Gasteiger partial charge < -0.3 is 20.4 Å². The van der Waals surface area contributed by atoms with Crippen molar-refractivity contribution in [2.24, 2.45) is 5.92 Å². The highest BCUT2D eigenvalue weighted by Crippen LogP contribution is 2.30. The van der Waals surface area contributed by atoms with Crippen LogP contribution in [0, 0.1) is 12.8 Å². The van der Waals surface area contributed by atoms with Crippen LogP contribution in [0.1, 0.15) is 24.0 Å². The van der Waals surface area contributed by atoms with Gasteiger partial charge in [0.15, 0.2) is 5.65 Å². The monoisotopic (exact) mass is 483 g/mol. The molecule has 0 atom stereocenters. The van der Waals surface area contributed by atoms with Gasteiger partial charge in [0.1, 0.15) is 17.3 Å². The predicted molar refractivity (Wildman–Crippen MR) is 140 cm³/mol. The Hall–Kier alpha value is -4.33. The number of para-hydroxylation sites is 1. The van der Waals surface area contributed by atoms with Crippen LogP contribution in [0.5, 0.6) is 11.5 Å². The maximum absolute atomic E-state index is 12.6. The van der Waals surface area contributed by atoms with Crippen molar-refractivity contribution in [2.75, 3.05) is 25.0 Å². The number of nitrogens with one attached hydrogen (secondary N) is 1. The van der Waals surface area contributed by atoms with Gasteiger partial charge in [-0.05, 0) is 61.6 Å². The summed E-state index contributed by atoms with van der Waals surface area (Å²) in [5.74, 6) is 1.59. The lowest BCUT2D eigenvalue weighted by Crippen LogP contribution is -2.39. The molecule has 36 heavy (non-hydrogen) atoms. The van der Waals surface area contributed by atoms with Crippen molar-refractivity contribution in [1.82, 2.24) is 19.5 Å². The highest BCUT2D eigenvalue weighted by Gasteiger charge is 2.22. The molecule has 1 amide bonds. The van der Waals surface area contributed by atoms with E-state index in [9.17, 15) is 15.0 Å². The smallest absolute Gasteiger partial charge is 0.246 e. The number of phenolic OH excluding ortho intramolecular Hbond substituents is 2. The van der Waals surface area contributed by atoms with Gasteiger partial charge in [0, 0.05) is 42.9 Å². The average Bonchev–Trinajstić information content (AvgIpc) is 3.27. The summed E-state index contributed by atoms with van der Waals surface area (Å²) >= 11 is 0. The number of likely N-dealkylation sites (tertiary alicyclic amines) is 1. The number of aromatic hydroxyl groups is 2. The molecule has 184 valence electrons. The standard InChI is InChI=1S/C28H29N5O3/c1-19-17-30-33-26(16-24(31-28(19)33)23-7-2-3-8-25(23)35)29-18-21-11-13-32(14-12-21)27(36)10-9-20-5-4-6-22(34)15-20/h2-10,15-17,21,29,34-35H,11-14,18H2,1H3/b10-9+. The summed E-state index contributed by atoms with van der Waals surface area (Å²) in [6, 6.07) is 15.9. The number of hydrogen-bond donors (Lipinski definition) is 3. The lowest BCUT2D eigenvalue weighted by molar-refractivity contribution is -0.127. The topological polar surface area (TPSA) is 103 Å². The van der Waals surface area contributed by atoms with Gasteiger partial charge >= 0.3 is 0 Å². The van der Waals surface area contributed by atoms with Crippen LogP contribution in [-0.4, -0.2) is 55.3 Å². The lowest BCUT2D eigenvalue weighted by Gasteiger charge is -2.31. The number of fused-ring (bicyclic) bond motifs is 1. The largest absolute Gasteiger partial charge is 0.508 e. The molecule has 0 spiro atoms. The van der Waals surface area contributed by atoms with Crippen LogP contribution < -0.4 is 5.32 Å². The molecule has 2 aromatic heterocycles. The number of nitrogens with zero attached hydrogens (tertiary/aromatic N) is 4. The van der Waals surface area contributed by atoms with Gasteiger partial charge in [-0.2, -0.15) is 9.61 Å². The van der Waals surface area contributed by atoms with Crippen LogP contribution in [-0.2, 0) is 4.79 Å². The van der Waals surface area contributed by atoms with Gasteiger partial charge in [-0.3, -0.25) is 4.79 Å². The Kier molecular flexibility index (Phi) is 6.58. The first-order valence-electron chi connectivity index (χ1n) is 12.1. The van der Waals surface area contributed by atoms with Gasteiger partial charge in [0.25, 0.3) is 0 Å². The molecular formula is C28H29N5O3. The fourth-order valence-corrected chi connectivity index (χ4v) is 4.53. The van der Waals surface area contributed by atoms with E-state index in [1.165, 1.54) is 0 Å². The van der Waals surface area contributed by atoms with Crippen molar-refractivity contribution in [3.63, 3.8) is 0 Å². The zero-order valence-corrected chi connectivity index (χ0v) is 20.1. The quantitative estimate of drug-likeness (QED) is 0.350. The summed E-state index contributed by atoms with van der Waals surface area (Å²) < 4.78 is 1.80. The second kappa shape index (κ2) is 10.1. The van der Waals surface area contributed by atoms with Crippen LogP contribution in [0.2, 0.25) is 0 Å². The number of anilines is 1. The summed E-state index contributed by atoms with van der Waals surface area (Å²) in [5, 5.41) is 27.9. The number of piperidine rings is 1. The van der Waals surface area contributed by atoms with Crippen molar-refractivity contribution in [3.05, 3.63) is 78.0 Å². The molecule has 0 radical (unpaired) electrons. The SMILES string of the molecule is Cc1cnn2c(NCC3CCN(C(=O)/C=C/c4cccc(O)c4)CC3)cc(-c3ccccc3O)nc12. The van der Waals surface area contributed by atoms with E-state index in [1.54, 1.807) is 53.2 Å². The Labute approximate surface area is 209 Å². The number of rotatable bonds is 6. The fraction of sp³-hybridized carbons (Fsp3) is 0.250. The molecule has 0 aliphatic carbocycles. The second-order valence-corrected chi connectivity index (χ2v) is 9.18. The Balaban J connectivity index is 1.23. The molecule has 1 saturated heterocycles. The maximum Gasteiger partial charge on any atom is 0.246 e. The third-order valence-electron chi connectivity index (χ3n) is 6.61. The van der Waals surface area contributed by atoms with Crippen LogP contribution in [0.3, 0.4) is 0 Å². The Morgan fingerprint density at radius 2 is 1.92 bits per heavy atom. The molecule has 3 N–H and O–H groups in total. The Morgan fingerprint density at radius 1 is 1.11 bits per heavy atom. The first-order valence-corrected chi connectivity index (χ1v) is 12.1. The highest BCUT2D eigenvalue weighted by atomic mass is 16.3. The van der Waals surface area contributed by atoms with Crippen molar-refractivity contribution in [3.8, 4) is 22.8 Å². The van der Waals surface area contributed by atoms with E-state index >= 15 is 0 Å². The minimum atomic E-state index is -0.0140. The van der Waals surface area contributed by atoms with Crippen molar-refractivity contribution in [2.45, 2.75) is 19.8 Å². The zero-order chi connectivity index (χ0) is 25.1. The zero-order valence-electron chi connectivity index (χ0n) is 20.1. The number of amides is 1. The van der Waals surface area contributed by atoms with Gasteiger partial charge in [-0.15, -0.1) is 0 Å². The van der Waals surface area contributed by atoms with E-state index < -0.39 is 0 Å². The number of phenols is 2. The number of carbonyl (C=O) groups excluding carboxylic acids is 1. The molecule has 2 aromatic carbocycles. The number of hydrogen-bond acceptors (Lipinski definition) is 6. The minimum absolute atomic E-state index is 0.0140. The van der Waals surface area contributed by atoms with Crippen molar-refractivity contribution < 1.29 is 15.0 Å². The van der Waals surface area contributed by atoms with Gasteiger partial charge in [0.2, 0.25) is 5.91 Å². The molecule has 8 nitrogen and oxygen atoms in total. The predicted octanol–water partition coefficient (Wildman–Crippen LogP) is 4.48.